The van der Waals surface area contributed by atoms with Gasteiger partial charge in [-0.1, -0.05) is 30.3 Å². The summed E-state index contributed by atoms with van der Waals surface area (Å²) >= 11 is 0. The van der Waals surface area contributed by atoms with E-state index in [4.69, 9.17) is 9.47 Å². The molecule has 1 aromatic carbocycles. The third-order valence-electron chi connectivity index (χ3n) is 3.54. The zero-order valence-electron chi connectivity index (χ0n) is 17.7. The van der Waals surface area contributed by atoms with Crippen LogP contribution in [0.5, 0.6) is 0 Å². The number of ether oxygens (including phenoxy) is 2. The summed E-state index contributed by atoms with van der Waals surface area (Å²) in [7, 11) is 1.44. The van der Waals surface area contributed by atoms with Crippen LogP contribution in [0, 0.1) is 0 Å². The summed E-state index contributed by atoms with van der Waals surface area (Å²) in [5.41, 5.74) is 0.202. The van der Waals surface area contributed by atoms with E-state index < -0.39 is 29.6 Å². The van der Waals surface area contributed by atoms with Crippen LogP contribution in [-0.4, -0.2) is 62.2 Å². The van der Waals surface area contributed by atoms with E-state index in [1.807, 2.05) is 30.3 Å². The van der Waals surface area contributed by atoms with Gasteiger partial charge in [-0.05, 0) is 26.3 Å². The van der Waals surface area contributed by atoms with Gasteiger partial charge in [0.25, 0.3) is 0 Å². The molecule has 4 N–H and O–H groups in total. The Morgan fingerprint density at radius 3 is 2.20 bits per heavy atom. The Hall–Kier alpha value is -3.14. The van der Waals surface area contributed by atoms with Crippen molar-refractivity contribution in [3.8, 4) is 0 Å². The number of alkyl carbamates (subject to hydrolysis) is 1. The lowest BCUT2D eigenvalue weighted by atomic mass is 10.2. The van der Waals surface area contributed by atoms with Gasteiger partial charge in [-0.25, -0.2) is 4.79 Å². The minimum Gasteiger partial charge on any atom is -0.444 e. The van der Waals surface area contributed by atoms with Crippen LogP contribution in [0.2, 0.25) is 0 Å². The van der Waals surface area contributed by atoms with Crippen molar-refractivity contribution in [3.63, 3.8) is 0 Å². The van der Waals surface area contributed by atoms with Crippen molar-refractivity contribution < 1.29 is 28.7 Å². The summed E-state index contributed by atoms with van der Waals surface area (Å²) in [4.78, 5) is 47.5. The molecule has 4 amide bonds. The van der Waals surface area contributed by atoms with E-state index in [0.717, 1.165) is 5.56 Å². The quantitative estimate of drug-likeness (QED) is 0.422. The fourth-order valence-electron chi connectivity index (χ4n) is 2.14. The van der Waals surface area contributed by atoms with Gasteiger partial charge in [0.2, 0.25) is 17.7 Å². The number of nitrogens with one attached hydrogen (secondary N) is 4. The number of carbonyl (C=O) groups excluding carboxylic acids is 4. The predicted molar refractivity (Wildman–Crippen MR) is 109 cm³/mol. The van der Waals surface area contributed by atoms with Gasteiger partial charge in [-0.15, -0.1) is 0 Å². The number of amides is 4. The van der Waals surface area contributed by atoms with Crippen LogP contribution >= 0.6 is 0 Å². The number of hydrogen-bond acceptors (Lipinski definition) is 6. The molecular weight excluding hydrogens is 392 g/mol. The Morgan fingerprint density at radius 2 is 1.60 bits per heavy atom. The molecule has 0 aliphatic heterocycles. The molecule has 0 heterocycles. The van der Waals surface area contributed by atoms with Gasteiger partial charge in [0.15, 0.2) is 0 Å². The van der Waals surface area contributed by atoms with E-state index in [9.17, 15) is 19.2 Å². The topological polar surface area (TPSA) is 135 Å². The lowest BCUT2D eigenvalue weighted by Crippen LogP contribution is -2.53. The van der Waals surface area contributed by atoms with Crippen molar-refractivity contribution in [2.75, 3.05) is 26.7 Å². The molecule has 0 radical (unpaired) electrons. The fraction of sp³-hybridized carbons (Fsp3) is 0.500. The maximum atomic E-state index is 12.4. The molecule has 10 heteroatoms. The summed E-state index contributed by atoms with van der Waals surface area (Å²) < 4.78 is 10.6. The first-order chi connectivity index (χ1) is 14.1. The molecule has 1 rings (SSSR count). The Balaban J connectivity index is 2.59. The normalized spacial score (nSPS) is 11.7. The van der Waals surface area contributed by atoms with Crippen LogP contribution in [0.3, 0.4) is 0 Å². The van der Waals surface area contributed by atoms with Gasteiger partial charge < -0.3 is 30.7 Å². The van der Waals surface area contributed by atoms with Gasteiger partial charge in [0, 0.05) is 7.05 Å². The number of hydrogen-bond donors (Lipinski definition) is 4. The van der Waals surface area contributed by atoms with Gasteiger partial charge in [-0.2, -0.15) is 0 Å². The van der Waals surface area contributed by atoms with Gasteiger partial charge >= 0.3 is 6.09 Å². The average Bonchev–Trinajstić information content (AvgIpc) is 2.69. The molecular formula is C20H30N4O6. The number of benzene rings is 1. The monoisotopic (exact) mass is 422 g/mol. The maximum absolute atomic E-state index is 12.4. The highest BCUT2D eigenvalue weighted by atomic mass is 16.6. The summed E-state index contributed by atoms with van der Waals surface area (Å²) in [5.74, 6) is -1.58. The second-order valence-electron chi connectivity index (χ2n) is 7.37. The fourth-order valence-corrected chi connectivity index (χ4v) is 2.14. The van der Waals surface area contributed by atoms with Gasteiger partial charge in [0.1, 0.15) is 18.2 Å². The molecule has 0 aliphatic rings. The van der Waals surface area contributed by atoms with Crippen LogP contribution in [0.4, 0.5) is 4.79 Å². The molecule has 1 unspecified atom stereocenters. The van der Waals surface area contributed by atoms with Crippen molar-refractivity contribution in [1.29, 1.82) is 0 Å². The Kier molecular flexibility index (Phi) is 10.3. The third kappa shape index (κ3) is 11.0. The first-order valence-corrected chi connectivity index (χ1v) is 9.47. The minimum atomic E-state index is -1.05. The van der Waals surface area contributed by atoms with Crippen molar-refractivity contribution in [1.82, 2.24) is 21.3 Å². The highest BCUT2D eigenvalue weighted by Gasteiger charge is 2.22. The third-order valence-corrected chi connectivity index (χ3v) is 3.54. The largest absolute Gasteiger partial charge is 0.444 e. The number of carbonyl (C=O) groups is 4. The zero-order valence-corrected chi connectivity index (χ0v) is 17.7. The SMILES string of the molecule is CNC(=O)CNC(=O)C(COCc1ccccc1)NC(=O)CNC(=O)OC(C)(C)C. The first-order valence-electron chi connectivity index (χ1n) is 9.47. The molecule has 0 aromatic heterocycles. The van der Waals surface area contributed by atoms with Crippen LogP contribution in [0.15, 0.2) is 30.3 Å². The molecule has 166 valence electrons. The molecule has 0 saturated heterocycles. The predicted octanol–water partition coefficient (Wildman–Crippen LogP) is 0.0749. The highest BCUT2D eigenvalue weighted by Crippen LogP contribution is 2.06. The standard InChI is InChI=1S/C20H30N4O6/c1-20(2,3)30-19(28)23-11-17(26)24-15(18(27)22-10-16(25)21-4)13-29-12-14-8-6-5-7-9-14/h5-9,15H,10-13H2,1-4H3,(H,21,25)(H,22,27)(H,23,28)(H,24,26). The Labute approximate surface area is 176 Å². The number of likely N-dealkylation sites (N-methyl/N-ethyl adjacent to an activating group) is 1. The lowest BCUT2D eigenvalue weighted by molar-refractivity contribution is -0.131. The second kappa shape index (κ2) is 12.4. The van der Waals surface area contributed by atoms with Crippen LogP contribution in [-0.2, 0) is 30.5 Å². The second-order valence-corrected chi connectivity index (χ2v) is 7.37. The average molecular weight is 422 g/mol. The number of rotatable bonds is 10. The Bertz CT molecular complexity index is 718. The van der Waals surface area contributed by atoms with E-state index in [1.165, 1.54) is 7.05 Å². The molecule has 10 nitrogen and oxygen atoms in total. The summed E-state index contributed by atoms with van der Waals surface area (Å²) in [6, 6.07) is 8.27. The smallest absolute Gasteiger partial charge is 0.408 e. The van der Waals surface area contributed by atoms with E-state index in [1.54, 1.807) is 20.8 Å². The van der Waals surface area contributed by atoms with Crippen molar-refractivity contribution >= 4 is 23.8 Å². The summed E-state index contributed by atoms with van der Waals surface area (Å²) in [6.07, 6.45) is -0.751. The molecule has 0 aliphatic carbocycles. The molecule has 1 aromatic rings. The Morgan fingerprint density at radius 1 is 0.967 bits per heavy atom. The molecule has 0 saturated carbocycles. The molecule has 0 spiro atoms. The van der Waals surface area contributed by atoms with Crippen LogP contribution in [0.1, 0.15) is 26.3 Å². The van der Waals surface area contributed by atoms with Gasteiger partial charge in [0.05, 0.1) is 19.8 Å². The first kappa shape index (κ1) is 24.9. The van der Waals surface area contributed by atoms with Crippen LogP contribution in [0.25, 0.3) is 0 Å². The van der Waals surface area contributed by atoms with Crippen LogP contribution < -0.4 is 21.3 Å². The van der Waals surface area contributed by atoms with E-state index in [0.29, 0.717) is 0 Å². The zero-order chi connectivity index (χ0) is 22.6. The maximum Gasteiger partial charge on any atom is 0.408 e. The van der Waals surface area contributed by atoms with E-state index in [2.05, 4.69) is 21.3 Å². The van der Waals surface area contributed by atoms with Crippen molar-refractivity contribution in [2.45, 2.75) is 39.0 Å². The molecule has 30 heavy (non-hydrogen) atoms. The van der Waals surface area contributed by atoms with Crippen molar-refractivity contribution in [2.24, 2.45) is 0 Å². The molecule has 1 atom stereocenters. The lowest BCUT2D eigenvalue weighted by Gasteiger charge is -2.21. The van der Waals surface area contributed by atoms with E-state index in [-0.39, 0.29) is 32.2 Å². The van der Waals surface area contributed by atoms with Gasteiger partial charge in [-0.3, -0.25) is 14.4 Å². The molecule has 0 fully saturated rings. The minimum absolute atomic E-state index is 0.118. The van der Waals surface area contributed by atoms with Crippen molar-refractivity contribution in [3.05, 3.63) is 35.9 Å². The van der Waals surface area contributed by atoms with E-state index >= 15 is 0 Å². The molecule has 0 bridgehead atoms. The highest BCUT2D eigenvalue weighted by molar-refractivity contribution is 5.91. The summed E-state index contributed by atoms with van der Waals surface area (Å²) in [5, 5.41) is 9.61. The summed E-state index contributed by atoms with van der Waals surface area (Å²) in [6.45, 7) is 4.60.